The van der Waals surface area contributed by atoms with E-state index in [0.717, 1.165) is 11.1 Å². The molecule has 1 aliphatic heterocycles. The molecule has 0 unspecified atom stereocenters. The van der Waals surface area contributed by atoms with Gasteiger partial charge in [0.1, 0.15) is 0 Å². The summed E-state index contributed by atoms with van der Waals surface area (Å²) in [5, 5.41) is 5.22. The van der Waals surface area contributed by atoms with Crippen LogP contribution in [0.1, 0.15) is 47.8 Å². The number of amides is 1. The van der Waals surface area contributed by atoms with Gasteiger partial charge in [-0.05, 0) is 52.8 Å². The highest BCUT2D eigenvalue weighted by atomic mass is 32.2. The van der Waals surface area contributed by atoms with Gasteiger partial charge in [0.05, 0.1) is 4.90 Å². The first-order valence-electron chi connectivity index (χ1n) is 8.60. The van der Waals surface area contributed by atoms with Crippen LogP contribution >= 0.6 is 0 Å². The number of carbonyl (C=O) groups is 1. The molecule has 3 rings (SSSR count). The maximum Gasteiger partial charge on any atom is 0.254 e. The average Bonchev–Trinajstić information content (AvgIpc) is 2.58. The van der Waals surface area contributed by atoms with Gasteiger partial charge in [0.25, 0.3) is 5.91 Å². The summed E-state index contributed by atoms with van der Waals surface area (Å²) in [5.41, 5.74) is 3.75. The van der Waals surface area contributed by atoms with Gasteiger partial charge in [-0.2, -0.15) is 0 Å². The van der Waals surface area contributed by atoms with E-state index < -0.39 is 10.0 Å². The van der Waals surface area contributed by atoms with Gasteiger partial charge in [0.2, 0.25) is 10.0 Å². The molecule has 2 aromatic carbocycles. The molecule has 0 spiro atoms. The number of benzene rings is 2. The molecule has 1 aliphatic rings. The van der Waals surface area contributed by atoms with Gasteiger partial charge in [0.15, 0.2) is 0 Å². The Balaban J connectivity index is 1.83. The van der Waals surface area contributed by atoms with Crippen LogP contribution in [0.5, 0.6) is 0 Å². The summed E-state index contributed by atoms with van der Waals surface area (Å²) in [6, 6.07) is 12.6. The van der Waals surface area contributed by atoms with Crippen molar-refractivity contribution in [2.45, 2.75) is 44.0 Å². The Hall–Kier alpha value is -2.18. The number of rotatable bonds is 2. The molecule has 1 amide bonds. The lowest BCUT2D eigenvalue weighted by Crippen LogP contribution is -2.36. The highest BCUT2D eigenvalue weighted by Gasteiger charge is 2.23. The molecule has 0 atom stereocenters. The number of fused-ring (bicyclic) bond motifs is 1. The number of sulfonamides is 1. The molecule has 0 saturated carbocycles. The minimum atomic E-state index is -3.75. The van der Waals surface area contributed by atoms with Crippen LogP contribution in [0.3, 0.4) is 0 Å². The lowest BCUT2D eigenvalue weighted by atomic mass is 9.86. The van der Waals surface area contributed by atoms with Gasteiger partial charge >= 0.3 is 0 Å². The van der Waals surface area contributed by atoms with Crippen molar-refractivity contribution in [2.24, 2.45) is 5.14 Å². The summed E-state index contributed by atoms with van der Waals surface area (Å²) in [6.07, 6.45) is 0.700. The Morgan fingerprint density at radius 1 is 1.04 bits per heavy atom. The summed E-state index contributed by atoms with van der Waals surface area (Å²) in [5.74, 6) is -0.0443. The number of primary sulfonamides is 1. The lowest BCUT2D eigenvalue weighted by molar-refractivity contribution is 0.0734. The zero-order chi connectivity index (χ0) is 19.1. The van der Waals surface area contributed by atoms with Gasteiger partial charge in [-0.3, -0.25) is 4.79 Å². The maximum atomic E-state index is 12.8. The third-order valence-corrected chi connectivity index (χ3v) is 5.71. The van der Waals surface area contributed by atoms with E-state index in [-0.39, 0.29) is 16.2 Å². The Labute approximate surface area is 154 Å². The molecule has 6 heteroatoms. The number of nitrogens with two attached hydrogens (primary N) is 1. The molecule has 0 saturated heterocycles. The molecule has 0 aliphatic carbocycles. The molecule has 2 N–H and O–H groups in total. The highest BCUT2D eigenvalue weighted by molar-refractivity contribution is 7.89. The van der Waals surface area contributed by atoms with E-state index in [4.69, 9.17) is 5.14 Å². The van der Waals surface area contributed by atoms with Gasteiger partial charge in [0, 0.05) is 18.7 Å². The molecule has 2 aromatic rings. The summed E-state index contributed by atoms with van der Waals surface area (Å²) >= 11 is 0. The van der Waals surface area contributed by atoms with Crippen molar-refractivity contribution < 1.29 is 13.2 Å². The average molecular weight is 372 g/mol. The van der Waals surface area contributed by atoms with Crippen LogP contribution in [0.15, 0.2) is 47.4 Å². The highest BCUT2D eigenvalue weighted by Crippen LogP contribution is 2.25. The maximum absolute atomic E-state index is 12.8. The molecular formula is C20H24N2O3S. The number of hydrogen-bond donors (Lipinski definition) is 1. The van der Waals surface area contributed by atoms with E-state index in [1.807, 2.05) is 24.3 Å². The Bertz CT molecular complexity index is 942. The largest absolute Gasteiger partial charge is 0.334 e. The molecule has 0 aromatic heterocycles. The van der Waals surface area contributed by atoms with Crippen molar-refractivity contribution in [3.63, 3.8) is 0 Å². The molecule has 1 heterocycles. The fourth-order valence-electron chi connectivity index (χ4n) is 3.18. The van der Waals surface area contributed by atoms with Crippen molar-refractivity contribution in [1.29, 1.82) is 0 Å². The first-order chi connectivity index (χ1) is 12.1. The first-order valence-corrected chi connectivity index (χ1v) is 10.1. The van der Waals surface area contributed by atoms with E-state index >= 15 is 0 Å². The second-order valence-electron chi connectivity index (χ2n) is 7.78. The predicted molar refractivity (Wildman–Crippen MR) is 101 cm³/mol. The Morgan fingerprint density at radius 3 is 2.27 bits per heavy atom. The van der Waals surface area contributed by atoms with Crippen molar-refractivity contribution in [3.8, 4) is 0 Å². The molecule has 0 fully saturated rings. The summed E-state index contributed by atoms with van der Waals surface area (Å²) < 4.78 is 23.1. The zero-order valence-corrected chi connectivity index (χ0v) is 16.1. The third kappa shape index (κ3) is 3.81. The predicted octanol–water partition coefficient (Wildman–Crippen LogP) is 2.83. The molecule has 138 valence electrons. The van der Waals surface area contributed by atoms with Crippen molar-refractivity contribution >= 4 is 15.9 Å². The first kappa shape index (κ1) is 18.6. The van der Waals surface area contributed by atoms with Crippen LogP contribution in [0, 0.1) is 0 Å². The molecule has 0 bridgehead atoms. The van der Waals surface area contributed by atoms with Crippen molar-refractivity contribution in [1.82, 2.24) is 4.90 Å². The van der Waals surface area contributed by atoms with Crippen LogP contribution in [-0.4, -0.2) is 25.8 Å². The molecule has 26 heavy (non-hydrogen) atoms. The second kappa shape index (κ2) is 6.52. The lowest BCUT2D eigenvalue weighted by Gasteiger charge is -2.29. The Morgan fingerprint density at radius 2 is 1.69 bits per heavy atom. The minimum absolute atomic E-state index is 0.0375. The number of nitrogens with zero attached hydrogens (tertiary/aromatic N) is 1. The summed E-state index contributed by atoms with van der Waals surface area (Å²) in [6.45, 7) is 7.40. The van der Waals surface area contributed by atoms with E-state index in [9.17, 15) is 13.2 Å². The number of carbonyl (C=O) groups excluding carboxylic acids is 1. The monoisotopic (exact) mass is 372 g/mol. The summed E-state index contributed by atoms with van der Waals surface area (Å²) in [7, 11) is -3.75. The van der Waals surface area contributed by atoms with E-state index in [1.54, 1.807) is 17.0 Å². The van der Waals surface area contributed by atoms with E-state index in [1.165, 1.54) is 11.6 Å². The SMILES string of the molecule is CC(C)(C)c1ccc(C(=O)N2CCc3ccc(S(N)(=O)=O)cc3C2)cc1. The van der Waals surface area contributed by atoms with E-state index in [0.29, 0.717) is 25.1 Å². The molecule has 0 radical (unpaired) electrons. The standard InChI is InChI=1S/C20H24N2O3S/c1-20(2,3)17-7-4-15(5-8-17)19(23)22-11-10-14-6-9-18(26(21,24)25)12-16(14)13-22/h4-9,12H,10-11,13H2,1-3H3,(H2,21,24,25). The van der Waals surface area contributed by atoms with Crippen molar-refractivity contribution in [3.05, 3.63) is 64.7 Å². The van der Waals surface area contributed by atoms with Gasteiger partial charge < -0.3 is 4.90 Å². The Kier molecular flexibility index (Phi) is 4.67. The fourth-order valence-corrected chi connectivity index (χ4v) is 3.74. The van der Waals surface area contributed by atoms with Crippen LogP contribution in [0.25, 0.3) is 0 Å². The fraction of sp³-hybridized carbons (Fsp3) is 0.350. The van der Waals surface area contributed by atoms with Crippen LogP contribution in [0.2, 0.25) is 0 Å². The smallest absolute Gasteiger partial charge is 0.254 e. The van der Waals surface area contributed by atoms with Gasteiger partial charge in [-0.25, -0.2) is 13.6 Å². The second-order valence-corrected chi connectivity index (χ2v) is 9.34. The molecule has 5 nitrogen and oxygen atoms in total. The van der Waals surface area contributed by atoms with Crippen LogP contribution < -0.4 is 5.14 Å². The van der Waals surface area contributed by atoms with Crippen LogP contribution in [0.4, 0.5) is 0 Å². The third-order valence-electron chi connectivity index (χ3n) is 4.80. The van der Waals surface area contributed by atoms with Gasteiger partial charge in [-0.15, -0.1) is 0 Å². The van der Waals surface area contributed by atoms with Crippen molar-refractivity contribution in [2.75, 3.05) is 6.54 Å². The zero-order valence-electron chi connectivity index (χ0n) is 15.3. The molecular weight excluding hydrogens is 348 g/mol. The van der Waals surface area contributed by atoms with Crippen LogP contribution in [-0.2, 0) is 28.4 Å². The summed E-state index contributed by atoms with van der Waals surface area (Å²) in [4.78, 5) is 14.7. The normalized spacial score (nSPS) is 14.8. The van der Waals surface area contributed by atoms with E-state index in [2.05, 4.69) is 20.8 Å². The minimum Gasteiger partial charge on any atom is -0.334 e. The van der Waals surface area contributed by atoms with Gasteiger partial charge in [-0.1, -0.05) is 39.0 Å². The quantitative estimate of drug-likeness (QED) is 0.880. The number of hydrogen-bond acceptors (Lipinski definition) is 3. The topological polar surface area (TPSA) is 80.5 Å².